The number of pyridine rings is 1. The van der Waals surface area contributed by atoms with Crippen molar-refractivity contribution in [1.82, 2.24) is 14.7 Å². The van der Waals surface area contributed by atoms with E-state index < -0.39 is 29.7 Å². The van der Waals surface area contributed by atoms with Gasteiger partial charge in [-0.15, -0.1) is 0 Å². The van der Waals surface area contributed by atoms with Crippen molar-refractivity contribution in [2.45, 2.75) is 26.3 Å². The number of nitrogens with one attached hydrogen (secondary N) is 2. The molecule has 0 saturated carbocycles. The number of ether oxygens (including phenoxy) is 1. The lowest BCUT2D eigenvalue weighted by molar-refractivity contribution is -0.141. The van der Waals surface area contributed by atoms with Gasteiger partial charge in [0.15, 0.2) is 5.65 Å². The molecule has 196 valence electrons. The zero-order valence-corrected chi connectivity index (χ0v) is 20.9. The number of carbonyl (C=O) groups excluding carboxylic acids is 2. The molecule has 0 spiro atoms. The van der Waals surface area contributed by atoms with Gasteiger partial charge in [-0.3, -0.25) is 18.8 Å². The Morgan fingerprint density at radius 2 is 1.87 bits per heavy atom. The first-order chi connectivity index (χ1) is 18.3. The summed E-state index contributed by atoms with van der Waals surface area (Å²) >= 11 is 0. The molecule has 0 fully saturated rings. The number of hydrogen-bond acceptors (Lipinski definition) is 6. The van der Waals surface area contributed by atoms with E-state index in [1.54, 1.807) is 53.9 Å². The highest BCUT2D eigenvalue weighted by atomic mass is 19.1. The standard InChI is InChI=1S/C28H27FN4O5/c1-3-38-24(36)16-30-27-25(18-9-11-20(29)12-10-18)32-26-21(8-5-13-33(26)27)28(37)31-22(15-23(34)35)19-7-4-6-17(2)14-19/h4-14,22,30H,3,15-16H2,1-2H3,(H,31,37)(H,34,35). The Balaban J connectivity index is 1.75. The largest absolute Gasteiger partial charge is 0.481 e. The molecule has 1 amide bonds. The first-order valence-electron chi connectivity index (χ1n) is 12.0. The minimum Gasteiger partial charge on any atom is -0.481 e. The molecule has 4 aromatic rings. The van der Waals surface area contributed by atoms with Gasteiger partial charge in [0.1, 0.15) is 23.9 Å². The maximum atomic E-state index is 13.6. The third-order valence-electron chi connectivity index (χ3n) is 5.85. The number of carbonyl (C=O) groups is 3. The zero-order valence-electron chi connectivity index (χ0n) is 20.9. The lowest BCUT2D eigenvalue weighted by Gasteiger charge is -2.18. The Hall–Kier alpha value is -4.73. The van der Waals surface area contributed by atoms with Gasteiger partial charge in [-0.1, -0.05) is 29.8 Å². The average Bonchev–Trinajstić information content (AvgIpc) is 3.26. The van der Waals surface area contributed by atoms with Gasteiger partial charge in [0.05, 0.1) is 24.6 Å². The number of anilines is 1. The minimum atomic E-state index is -1.06. The number of aliphatic carboxylic acids is 1. The number of imidazole rings is 1. The molecule has 0 radical (unpaired) electrons. The molecule has 10 heteroatoms. The Kier molecular flexibility index (Phi) is 8.00. The summed E-state index contributed by atoms with van der Waals surface area (Å²) in [5, 5.41) is 15.3. The quantitative estimate of drug-likeness (QED) is 0.267. The lowest BCUT2D eigenvalue weighted by Crippen LogP contribution is -2.30. The van der Waals surface area contributed by atoms with E-state index in [0.717, 1.165) is 5.56 Å². The molecule has 1 atom stereocenters. The van der Waals surface area contributed by atoms with Crippen LogP contribution in [0.5, 0.6) is 0 Å². The number of aryl methyl sites for hydroxylation is 1. The number of esters is 1. The number of hydrogen-bond donors (Lipinski definition) is 3. The van der Waals surface area contributed by atoms with E-state index in [2.05, 4.69) is 15.6 Å². The van der Waals surface area contributed by atoms with Crippen LogP contribution in [0.3, 0.4) is 0 Å². The number of nitrogens with zero attached hydrogens (tertiary/aromatic N) is 2. The summed E-state index contributed by atoms with van der Waals surface area (Å²) in [4.78, 5) is 41.7. The van der Waals surface area contributed by atoms with Gasteiger partial charge in [-0.2, -0.15) is 0 Å². The molecule has 0 aliphatic heterocycles. The SMILES string of the molecule is CCOC(=O)CNc1c(-c2ccc(F)cc2)nc2c(C(=O)NC(CC(=O)O)c3cccc(C)c3)cccn12. The Morgan fingerprint density at radius 3 is 2.55 bits per heavy atom. The second kappa shape index (κ2) is 11.5. The van der Waals surface area contributed by atoms with Crippen molar-refractivity contribution in [1.29, 1.82) is 0 Å². The van der Waals surface area contributed by atoms with Crippen LogP contribution in [0.25, 0.3) is 16.9 Å². The number of carboxylic acid groups (broad SMARTS) is 1. The highest BCUT2D eigenvalue weighted by Gasteiger charge is 2.23. The fourth-order valence-corrected chi connectivity index (χ4v) is 4.14. The summed E-state index contributed by atoms with van der Waals surface area (Å²) in [6.45, 7) is 3.66. The first-order valence-corrected chi connectivity index (χ1v) is 12.0. The van der Waals surface area contributed by atoms with Gasteiger partial charge < -0.3 is 20.5 Å². The number of halogens is 1. The van der Waals surface area contributed by atoms with E-state index >= 15 is 0 Å². The average molecular weight is 519 g/mol. The molecule has 2 heterocycles. The van der Waals surface area contributed by atoms with Crippen molar-refractivity contribution in [3.05, 3.63) is 89.4 Å². The van der Waals surface area contributed by atoms with Crippen molar-refractivity contribution in [2.24, 2.45) is 0 Å². The third-order valence-corrected chi connectivity index (χ3v) is 5.85. The summed E-state index contributed by atoms with van der Waals surface area (Å²) < 4.78 is 20.2. The number of rotatable bonds is 10. The molecule has 0 saturated heterocycles. The van der Waals surface area contributed by atoms with E-state index in [9.17, 15) is 23.9 Å². The second-order valence-electron chi connectivity index (χ2n) is 8.63. The molecule has 2 aromatic carbocycles. The zero-order chi connectivity index (χ0) is 27.2. The van der Waals surface area contributed by atoms with Crippen molar-refractivity contribution in [3.63, 3.8) is 0 Å². The maximum absolute atomic E-state index is 13.6. The van der Waals surface area contributed by atoms with Crippen LogP contribution >= 0.6 is 0 Å². The number of fused-ring (bicyclic) bond motifs is 1. The molecule has 1 unspecified atom stereocenters. The fourth-order valence-electron chi connectivity index (χ4n) is 4.14. The summed E-state index contributed by atoms with van der Waals surface area (Å²) in [6.07, 6.45) is 1.37. The third kappa shape index (κ3) is 5.97. The van der Waals surface area contributed by atoms with Crippen molar-refractivity contribution >= 4 is 29.3 Å². The van der Waals surface area contributed by atoms with Gasteiger partial charge >= 0.3 is 11.9 Å². The summed E-state index contributed by atoms with van der Waals surface area (Å²) in [5.74, 6) is -2.05. The maximum Gasteiger partial charge on any atom is 0.325 e. The molecule has 0 bridgehead atoms. The van der Waals surface area contributed by atoms with Gasteiger partial charge in [0.25, 0.3) is 5.91 Å². The van der Waals surface area contributed by atoms with Gasteiger partial charge in [-0.05, 0) is 55.8 Å². The number of aromatic nitrogens is 2. The van der Waals surface area contributed by atoms with Crippen LogP contribution in [0, 0.1) is 12.7 Å². The Morgan fingerprint density at radius 1 is 1.11 bits per heavy atom. The normalized spacial score (nSPS) is 11.7. The number of benzene rings is 2. The van der Waals surface area contributed by atoms with Gasteiger partial charge in [-0.25, -0.2) is 9.37 Å². The van der Waals surface area contributed by atoms with Crippen LogP contribution in [-0.4, -0.2) is 45.5 Å². The van der Waals surface area contributed by atoms with Crippen LogP contribution in [0.4, 0.5) is 10.2 Å². The van der Waals surface area contributed by atoms with E-state index in [4.69, 9.17) is 4.74 Å². The van der Waals surface area contributed by atoms with Gasteiger partial charge in [0.2, 0.25) is 0 Å². The molecule has 9 nitrogen and oxygen atoms in total. The Labute approximate surface area is 218 Å². The first kappa shape index (κ1) is 26.3. The molecule has 0 aliphatic rings. The van der Waals surface area contributed by atoms with Crippen molar-refractivity contribution < 1.29 is 28.6 Å². The van der Waals surface area contributed by atoms with Gasteiger partial charge in [0, 0.05) is 11.8 Å². The highest BCUT2D eigenvalue weighted by Crippen LogP contribution is 2.30. The number of carboxylic acids is 1. The Bertz CT molecular complexity index is 1480. The predicted octanol–water partition coefficient (Wildman–Crippen LogP) is 4.37. The lowest BCUT2D eigenvalue weighted by atomic mass is 10.0. The monoisotopic (exact) mass is 518 g/mol. The van der Waals surface area contributed by atoms with E-state index in [-0.39, 0.29) is 30.8 Å². The van der Waals surface area contributed by atoms with Crippen LogP contribution in [0.15, 0.2) is 66.9 Å². The van der Waals surface area contributed by atoms with Crippen molar-refractivity contribution in [3.8, 4) is 11.3 Å². The van der Waals surface area contributed by atoms with Crippen LogP contribution < -0.4 is 10.6 Å². The molecule has 0 aliphatic carbocycles. The summed E-state index contributed by atoms with van der Waals surface area (Å²) in [6, 6.07) is 15.4. The second-order valence-corrected chi connectivity index (χ2v) is 8.63. The van der Waals surface area contributed by atoms with E-state index in [1.807, 2.05) is 19.1 Å². The summed E-state index contributed by atoms with van der Waals surface area (Å²) in [5.41, 5.74) is 3.03. The molecular weight excluding hydrogens is 491 g/mol. The fraction of sp³-hybridized carbons (Fsp3) is 0.214. The molecular formula is C28H27FN4O5. The minimum absolute atomic E-state index is 0.152. The molecule has 38 heavy (non-hydrogen) atoms. The van der Waals surface area contributed by atoms with E-state index in [0.29, 0.717) is 22.6 Å². The summed E-state index contributed by atoms with van der Waals surface area (Å²) in [7, 11) is 0. The smallest absolute Gasteiger partial charge is 0.325 e. The molecule has 2 aromatic heterocycles. The van der Waals surface area contributed by atoms with Crippen LogP contribution in [-0.2, 0) is 14.3 Å². The topological polar surface area (TPSA) is 122 Å². The number of amides is 1. The van der Waals surface area contributed by atoms with Crippen molar-refractivity contribution in [2.75, 3.05) is 18.5 Å². The van der Waals surface area contributed by atoms with Crippen LogP contribution in [0.2, 0.25) is 0 Å². The predicted molar refractivity (Wildman–Crippen MR) is 139 cm³/mol. The molecule has 3 N–H and O–H groups in total. The molecule has 4 rings (SSSR count). The highest BCUT2D eigenvalue weighted by molar-refractivity contribution is 6.01. The van der Waals surface area contributed by atoms with E-state index in [1.165, 1.54) is 12.1 Å². The van der Waals surface area contributed by atoms with Crippen LogP contribution in [0.1, 0.15) is 40.9 Å².